The van der Waals surface area contributed by atoms with Crippen LogP contribution < -0.4 is 16.2 Å². The van der Waals surface area contributed by atoms with E-state index in [0.717, 1.165) is 0 Å². The second-order valence-corrected chi connectivity index (χ2v) is 6.00. The molecule has 0 heterocycles. The van der Waals surface area contributed by atoms with Gasteiger partial charge >= 0.3 is 0 Å². The molecule has 0 aliphatic rings. The minimum atomic E-state index is -3.84. The van der Waals surface area contributed by atoms with E-state index in [4.69, 9.17) is 10.9 Å². The smallest absolute Gasteiger partial charge is 0.244 e. The average molecular weight is 286 g/mol. The van der Waals surface area contributed by atoms with Crippen LogP contribution in [0.5, 0.6) is 0 Å². The summed E-state index contributed by atoms with van der Waals surface area (Å²) in [6.07, 6.45) is 0. The van der Waals surface area contributed by atoms with Crippen molar-refractivity contribution in [2.75, 3.05) is 25.1 Å². The molecule has 5 N–H and O–H groups in total. The van der Waals surface area contributed by atoms with Crippen LogP contribution in [0, 0.1) is 0 Å². The second kappa shape index (κ2) is 5.45. The first-order valence-electron chi connectivity index (χ1n) is 5.52. The van der Waals surface area contributed by atoms with E-state index < -0.39 is 16.1 Å². The highest BCUT2D eigenvalue weighted by Gasteiger charge is 2.16. The summed E-state index contributed by atoms with van der Waals surface area (Å²) in [6, 6.07) is 3.63. The highest BCUT2D eigenvalue weighted by atomic mass is 32.2. The lowest BCUT2D eigenvalue weighted by molar-refractivity contribution is -0.129. The Morgan fingerprint density at radius 2 is 1.89 bits per heavy atom. The van der Waals surface area contributed by atoms with Gasteiger partial charge in [-0.25, -0.2) is 13.6 Å². The van der Waals surface area contributed by atoms with Gasteiger partial charge in [0.15, 0.2) is 0 Å². The third-order valence-corrected chi connectivity index (χ3v) is 3.34. The van der Waals surface area contributed by atoms with Crippen LogP contribution in [0.4, 0.5) is 11.4 Å². The Morgan fingerprint density at radius 3 is 2.37 bits per heavy atom. The maximum atomic E-state index is 11.7. The molecule has 1 atom stereocenters. The van der Waals surface area contributed by atoms with Crippen molar-refractivity contribution in [1.29, 1.82) is 0 Å². The molecule has 0 aromatic heterocycles. The Hall–Kier alpha value is -1.80. The standard InChI is InChI=1S/C11H18N4O3S/c1-7(11(16)15(2)3)14-9-4-8(12)5-10(6-9)19(13,17)18/h4-7,14H,12H2,1-3H3,(H2,13,17,18). The van der Waals surface area contributed by atoms with Crippen LogP contribution in [0.3, 0.4) is 0 Å². The van der Waals surface area contributed by atoms with Crippen LogP contribution in [-0.4, -0.2) is 39.4 Å². The summed E-state index contributed by atoms with van der Waals surface area (Å²) in [5.41, 5.74) is 6.28. The van der Waals surface area contributed by atoms with Crippen molar-refractivity contribution < 1.29 is 13.2 Å². The summed E-state index contributed by atoms with van der Waals surface area (Å²) in [7, 11) is -0.566. The summed E-state index contributed by atoms with van der Waals surface area (Å²) >= 11 is 0. The predicted molar refractivity (Wildman–Crippen MR) is 74.0 cm³/mol. The number of nitrogen functional groups attached to an aromatic ring is 1. The molecule has 0 radical (unpaired) electrons. The van der Waals surface area contributed by atoms with Crippen molar-refractivity contribution in [3.8, 4) is 0 Å². The fourth-order valence-electron chi connectivity index (χ4n) is 1.57. The first kappa shape index (κ1) is 15.3. The van der Waals surface area contributed by atoms with Gasteiger partial charge in [-0.05, 0) is 25.1 Å². The number of hydrogen-bond acceptors (Lipinski definition) is 5. The quantitative estimate of drug-likeness (QED) is 0.663. The SMILES string of the molecule is CC(Nc1cc(N)cc(S(N)(=O)=O)c1)C(=O)N(C)C. The zero-order valence-electron chi connectivity index (χ0n) is 11.0. The largest absolute Gasteiger partial charge is 0.399 e. The van der Waals surface area contributed by atoms with E-state index in [9.17, 15) is 13.2 Å². The van der Waals surface area contributed by atoms with Crippen LogP contribution in [0.15, 0.2) is 23.1 Å². The molecule has 0 fully saturated rings. The van der Waals surface area contributed by atoms with Crippen LogP contribution in [0.2, 0.25) is 0 Å². The maximum absolute atomic E-state index is 11.7. The minimum Gasteiger partial charge on any atom is -0.399 e. The van der Waals surface area contributed by atoms with Gasteiger partial charge in [0.05, 0.1) is 4.90 Å². The lowest BCUT2D eigenvalue weighted by atomic mass is 10.2. The molecule has 1 amide bonds. The molecule has 19 heavy (non-hydrogen) atoms. The van der Waals surface area contributed by atoms with Crippen molar-refractivity contribution in [3.05, 3.63) is 18.2 Å². The van der Waals surface area contributed by atoms with Gasteiger partial charge in [0, 0.05) is 25.5 Å². The molecule has 0 spiro atoms. The van der Waals surface area contributed by atoms with E-state index >= 15 is 0 Å². The Morgan fingerprint density at radius 1 is 1.32 bits per heavy atom. The molecule has 1 aromatic rings. The fourth-order valence-corrected chi connectivity index (χ4v) is 2.16. The van der Waals surface area contributed by atoms with Crippen molar-refractivity contribution in [2.24, 2.45) is 5.14 Å². The van der Waals surface area contributed by atoms with Gasteiger partial charge in [-0.1, -0.05) is 0 Å². The number of hydrogen-bond donors (Lipinski definition) is 3. The van der Waals surface area contributed by atoms with Gasteiger partial charge in [-0.3, -0.25) is 4.79 Å². The number of amides is 1. The molecule has 0 saturated carbocycles. The van der Waals surface area contributed by atoms with Crippen molar-refractivity contribution in [2.45, 2.75) is 17.9 Å². The van der Waals surface area contributed by atoms with Crippen LogP contribution in [-0.2, 0) is 14.8 Å². The molecular formula is C11H18N4O3S. The van der Waals surface area contributed by atoms with Gasteiger partial charge in [-0.2, -0.15) is 0 Å². The van der Waals surface area contributed by atoms with Crippen LogP contribution in [0.1, 0.15) is 6.92 Å². The minimum absolute atomic E-state index is 0.0977. The highest BCUT2D eigenvalue weighted by molar-refractivity contribution is 7.89. The Labute approximate surface area is 112 Å². The molecule has 0 aliphatic heterocycles. The molecular weight excluding hydrogens is 268 g/mol. The highest BCUT2D eigenvalue weighted by Crippen LogP contribution is 2.20. The van der Waals surface area contributed by atoms with E-state index in [-0.39, 0.29) is 16.5 Å². The number of nitrogens with zero attached hydrogens (tertiary/aromatic N) is 1. The molecule has 1 aromatic carbocycles. The normalized spacial score (nSPS) is 12.8. The predicted octanol–water partition coefficient (Wildman–Crippen LogP) is -0.195. The summed E-state index contributed by atoms with van der Waals surface area (Å²) in [5, 5.41) is 7.93. The van der Waals surface area contributed by atoms with Gasteiger partial charge in [0.2, 0.25) is 15.9 Å². The maximum Gasteiger partial charge on any atom is 0.244 e. The van der Waals surface area contributed by atoms with Gasteiger partial charge in [0.1, 0.15) is 6.04 Å². The lowest BCUT2D eigenvalue weighted by Gasteiger charge is -2.19. The summed E-state index contributed by atoms with van der Waals surface area (Å²) in [4.78, 5) is 13.0. The zero-order chi connectivity index (χ0) is 14.8. The summed E-state index contributed by atoms with van der Waals surface area (Å²) < 4.78 is 22.6. The molecule has 0 aliphatic carbocycles. The van der Waals surface area contributed by atoms with Gasteiger partial charge in [-0.15, -0.1) is 0 Å². The van der Waals surface area contributed by atoms with Crippen LogP contribution >= 0.6 is 0 Å². The fraction of sp³-hybridized carbons (Fsp3) is 0.364. The number of carbonyl (C=O) groups is 1. The number of nitrogens with one attached hydrogen (secondary N) is 1. The second-order valence-electron chi connectivity index (χ2n) is 4.43. The number of anilines is 2. The Kier molecular flexibility index (Phi) is 4.38. The monoisotopic (exact) mass is 286 g/mol. The number of sulfonamides is 1. The number of rotatable bonds is 4. The summed E-state index contributed by atoms with van der Waals surface area (Å²) in [6.45, 7) is 1.67. The molecule has 1 rings (SSSR count). The van der Waals surface area contributed by atoms with E-state index in [1.807, 2.05) is 0 Å². The molecule has 0 saturated heterocycles. The average Bonchev–Trinajstić information content (AvgIpc) is 2.25. The molecule has 106 valence electrons. The van der Waals surface area contributed by atoms with Crippen molar-refractivity contribution in [3.63, 3.8) is 0 Å². The molecule has 1 unspecified atom stereocenters. The first-order valence-corrected chi connectivity index (χ1v) is 7.07. The van der Waals surface area contributed by atoms with Crippen molar-refractivity contribution in [1.82, 2.24) is 4.90 Å². The number of likely N-dealkylation sites (N-methyl/N-ethyl adjacent to an activating group) is 1. The molecule has 0 bridgehead atoms. The van der Waals surface area contributed by atoms with Crippen molar-refractivity contribution >= 4 is 27.3 Å². The van der Waals surface area contributed by atoms with Gasteiger partial charge < -0.3 is 16.0 Å². The van der Waals surface area contributed by atoms with Crippen LogP contribution in [0.25, 0.3) is 0 Å². The summed E-state index contributed by atoms with van der Waals surface area (Å²) in [5.74, 6) is -0.139. The first-order chi connectivity index (χ1) is 8.61. The van der Waals surface area contributed by atoms with E-state index in [0.29, 0.717) is 5.69 Å². The van der Waals surface area contributed by atoms with E-state index in [2.05, 4.69) is 5.32 Å². The molecule has 8 heteroatoms. The Bertz CT molecular complexity index is 584. The lowest BCUT2D eigenvalue weighted by Crippen LogP contribution is -2.36. The number of carbonyl (C=O) groups excluding carboxylic acids is 1. The number of benzene rings is 1. The third kappa shape index (κ3) is 4.11. The van der Waals surface area contributed by atoms with E-state index in [1.54, 1.807) is 21.0 Å². The van der Waals surface area contributed by atoms with Gasteiger partial charge in [0.25, 0.3) is 0 Å². The number of primary sulfonamides is 1. The third-order valence-electron chi connectivity index (χ3n) is 2.45. The number of nitrogens with two attached hydrogens (primary N) is 2. The topological polar surface area (TPSA) is 119 Å². The Balaban J connectivity index is 3.03. The van der Waals surface area contributed by atoms with E-state index in [1.165, 1.54) is 23.1 Å². The molecule has 7 nitrogen and oxygen atoms in total. The zero-order valence-corrected chi connectivity index (χ0v) is 11.9.